The van der Waals surface area contributed by atoms with Crippen molar-refractivity contribution in [3.63, 3.8) is 0 Å². The molecular formula is C21H27N3OS2. The molecule has 0 spiro atoms. The summed E-state index contributed by atoms with van der Waals surface area (Å²) in [5, 5.41) is 2.34. The van der Waals surface area contributed by atoms with Gasteiger partial charge in [-0.1, -0.05) is 11.8 Å². The lowest BCUT2D eigenvalue weighted by Crippen LogP contribution is -2.42. The number of carbonyl (C=O) groups excluding carboxylic acids is 1. The monoisotopic (exact) mass is 401 g/mol. The topological polar surface area (TPSA) is 46.1 Å². The average Bonchev–Trinajstić information content (AvgIpc) is 3.46. The van der Waals surface area contributed by atoms with Crippen LogP contribution in [0.15, 0.2) is 5.03 Å². The number of piperidine rings is 1. The molecule has 0 N–H and O–H groups in total. The van der Waals surface area contributed by atoms with E-state index in [9.17, 15) is 4.79 Å². The molecule has 4 nitrogen and oxygen atoms in total. The number of thioether (sulfide) groups is 1. The summed E-state index contributed by atoms with van der Waals surface area (Å²) in [7, 11) is 0. The first-order valence-corrected chi connectivity index (χ1v) is 12.3. The first-order chi connectivity index (χ1) is 13.2. The first kappa shape index (κ1) is 17.9. The van der Waals surface area contributed by atoms with Gasteiger partial charge in [0.15, 0.2) is 0 Å². The maximum Gasteiger partial charge on any atom is 0.233 e. The fraction of sp³-hybridized carbons (Fsp3) is 0.667. The van der Waals surface area contributed by atoms with E-state index in [0.29, 0.717) is 17.7 Å². The summed E-state index contributed by atoms with van der Waals surface area (Å²) in [5.41, 5.74) is 1.48. The Morgan fingerprint density at radius 3 is 2.81 bits per heavy atom. The summed E-state index contributed by atoms with van der Waals surface area (Å²) in [6.45, 7) is 3.10. The van der Waals surface area contributed by atoms with Gasteiger partial charge in [-0.15, -0.1) is 11.3 Å². The third kappa shape index (κ3) is 3.51. The third-order valence-electron chi connectivity index (χ3n) is 6.20. The average molecular weight is 402 g/mol. The summed E-state index contributed by atoms with van der Waals surface area (Å²) in [6.07, 6.45) is 10.8. The van der Waals surface area contributed by atoms with Gasteiger partial charge in [-0.05, 0) is 70.3 Å². The molecule has 1 unspecified atom stereocenters. The summed E-state index contributed by atoms with van der Waals surface area (Å²) in [6, 6.07) is 0.383. The molecule has 1 saturated carbocycles. The zero-order chi connectivity index (χ0) is 18.4. The molecule has 0 radical (unpaired) electrons. The van der Waals surface area contributed by atoms with Crippen LogP contribution in [0, 0.1) is 0 Å². The molecular weight excluding hydrogens is 374 g/mol. The van der Waals surface area contributed by atoms with Crippen molar-refractivity contribution >= 4 is 39.2 Å². The van der Waals surface area contributed by atoms with Crippen LogP contribution in [-0.2, 0) is 17.6 Å². The number of thiophene rings is 1. The molecule has 1 saturated heterocycles. The van der Waals surface area contributed by atoms with E-state index in [-0.39, 0.29) is 5.91 Å². The normalized spacial score (nSPS) is 22.9. The van der Waals surface area contributed by atoms with Crippen LogP contribution in [0.4, 0.5) is 0 Å². The molecule has 5 rings (SSSR count). The number of nitrogens with zero attached hydrogens (tertiary/aromatic N) is 3. The molecule has 2 aromatic rings. The van der Waals surface area contributed by atoms with Crippen molar-refractivity contribution in [1.82, 2.24) is 14.9 Å². The largest absolute Gasteiger partial charge is 0.339 e. The second kappa shape index (κ2) is 7.36. The van der Waals surface area contributed by atoms with Crippen LogP contribution < -0.4 is 0 Å². The molecule has 0 aromatic carbocycles. The van der Waals surface area contributed by atoms with Gasteiger partial charge >= 0.3 is 0 Å². The third-order valence-corrected chi connectivity index (χ3v) is 8.34. The van der Waals surface area contributed by atoms with E-state index >= 15 is 0 Å². The minimum Gasteiger partial charge on any atom is -0.339 e. The van der Waals surface area contributed by atoms with Gasteiger partial charge < -0.3 is 4.90 Å². The quantitative estimate of drug-likeness (QED) is 0.538. The Balaban J connectivity index is 1.44. The molecule has 1 amide bonds. The Bertz CT molecular complexity index is 874. The zero-order valence-electron chi connectivity index (χ0n) is 16.0. The van der Waals surface area contributed by atoms with E-state index in [0.717, 1.165) is 36.7 Å². The molecule has 3 aliphatic rings. The Hall–Kier alpha value is -1.14. The molecule has 27 heavy (non-hydrogen) atoms. The summed E-state index contributed by atoms with van der Waals surface area (Å²) in [4.78, 5) is 27.5. The van der Waals surface area contributed by atoms with E-state index in [4.69, 9.17) is 9.97 Å². The van der Waals surface area contributed by atoms with Gasteiger partial charge in [0, 0.05) is 28.8 Å². The highest BCUT2D eigenvalue weighted by Crippen LogP contribution is 2.44. The number of amides is 1. The lowest BCUT2D eigenvalue weighted by molar-refractivity contribution is -0.131. The number of likely N-dealkylation sites (tertiary alicyclic amines) is 1. The van der Waals surface area contributed by atoms with Crippen LogP contribution in [0.2, 0.25) is 0 Å². The molecule has 1 aliphatic heterocycles. The van der Waals surface area contributed by atoms with Crippen molar-refractivity contribution in [3.05, 3.63) is 16.3 Å². The standard InChI is InChI=1S/C21H27N3OS2/c1-13-6-4-5-11-24(13)17(25)12-26-20-18-15-7-2-3-8-16(15)27-21(18)23-19(22-20)14-9-10-14/h13-14H,2-12H2,1H3. The fourth-order valence-electron chi connectivity index (χ4n) is 4.45. The SMILES string of the molecule is CC1CCCCN1C(=O)CSc1nc(C2CC2)nc2sc3c(c12)CCCC3. The number of aryl methyl sites for hydroxylation is 2. The first-order valence-electron chi connectivity index (χ1n) is 10.4. The summed E-state index contributed by atoms with van der Waals surface area (Å²) in [5.74, 6) is 2.34. The van der Waals surface area contributed by atoms with Crippen LogP contribution in [0.1, 0.15) is 74.1 Å². The number of hydrogen-bond donors (Lipinski definition) is 0. The Labute approximate surface area is 169 Å². The number of hydrogen-bond acceptors (Lipinski definition) is 5. The minimum atomic E-state index is 0.274. The Morgan fingerprint density at radius 2 is 2.00 bits per heavy atom. The lowest BCUT2D eigenvalue weighted by Gasteiger charge is -2.33. The molecule has 144 valence electrons. The van der Waals surface area contributed by atoms with Gasteiger partial charge in [0.2, 0.25) is 5.91 Å². The minimum absolute atomic E-state index is 0.274. The van der Waals surface area contributed by atoms with Gasteiger partial charge in [0.05, 0.1) is 5.75 Å². The molecule has 1 atom stereocenters. The summed E-state index contributed by atoms with van der Waals surface area (Å²) >= 11 is 3.53. The molecule has 0 bridgehead atoms. The van der Waals surface area contributed by atoms with Gasteiger partial charge in [0.1, 0.15) is 15.7 Å². The zero-order valence-corrected chi connectivity index (χ0v) is 17.6. The van der Waals surface area contributed by atoms with Gasteiger partial charge in [-0.25, -0.2) is 9.97 Å². The second-order valence-electron chi connectivity index (χ2n) is 8.27. The van der Waals surface area contributed by atoms with E-state index < -0.39 is 0 Å². The van der Waals surface area contributed by atoms with E-state index in [2.05, 4.69) is 11.8 Å². The smallest absolute Gasteiger partial charge is 0.233 e. The van der Waals surface area contributed by atoms with Crippen molar-refractivity contribution in [3.8, 4) is 0 Å². The molecule has 2 aromatic heterocycles. The van der Waals surface area contributed by atoms with E-state index in [1.165, 1.54) is 59.2 Å². The maximum absolute atomic E-state index is 12.8. The van der Waals surface area contributed by atoms with Crippen molar-refractivity contribution in [2.45, 2.75) is 81.7 Å². The van der Waals surface area contributed by atoms with Gasteiger partial charge in [-0.3, -0.25) is 4.79 Å². The van der Waals surface area contributed by atoms with Crippen LogP contribution in [-0.4, -0.2) is 39.1 Å². The highest BCUT2D eigenvalue weighted by Gasteiger charge is 2.30. The second-order valence-corrected chi connectivity index (χ2v) is 10.3. The van der Waals surface area contributed by atoms with Crippen molar-refractivity contribution in [1.29, 1.82) is 0 Å². The highest BCUT2D eigenvalue weighted by atomic mass is 32.2. The molecule has 6 heteroatoms. The Morgan fingerprint density at radius 1 is 1.15 bits per heavy atom. The maximum atomic E-state index is 12.8. The van der Waals surface area contributed by atoms with Crippen LogP contribution in [0.5, 0.6) is 0 Å². The number of carbonyl (C=O) groups is 1. The van der Waals surface area contributed by atoms with Gasteiger partial charge in [0.25, 0.3) is 0 Å². The van der Waals surface area contributed by atoms with Crippen LogP contribution >= 0.6 is 23.1 Å². The molecule has 3 heterocycles. The van der Waals surface area contributed by atoms with Crippen molar-refractivity contribution < 1.29 is 4.79 Å². The van der Waals surface area contributed by atoms with Crippen molar-refractivity contribution in [2.24, 2.45) is 0 Å². The lowest BCUT2D eigenvalue weighted by atomic mass is 9.97. The highest BCUT2D eigenvalue weighted by molar-refractivity contribution is 8.00. The van der Waals surface area contributed by atoms with Crippen LogP contribution in [0.25, 0.3) is 10.2 Å². The van der Waals surface area contributed by atoms with Gasteiger partial charge in [-0.2, -0.15) is 0 Å². The Kier molecular flexibility index (Phi) is 4.88. The predicted molar refractivity (Wildman–Crippen MR) is 112 cm³/mol. The number of rotatable bonds is 4. The van der Waals surface area contributed by atoms with Crippen molar-refractivity contribution in [2.75, 3.05) is 12.3 Å². The molecule has 2 fully saturated rings. The number of fused-ring (bicyclic) bond motifs is 3. The van der Waals surface area contributed by atoms with E-state index in [1.807, 2.05) is 11.3 Å². The summed E-state index contributed by atoms with van der Waals surface area (Å²) < 4.78 is 0. The van der Waals surface area contributed by atoms with E-state index in [1.54, 1.807) is 11.8 Å². The number of aromatic nitrogens is 2. The fourth-order valence-corrected chi connectivity index (χ4v) is 6.73. The predicted octanol–water partition coefficient (Wildman–Crippen LogP) is 4.94. The van der Waals surface area contributed by atoms with Crippen LogP contribution in [0.3, 0.4) is 0 Å². The molecule has 2 aliphatic carbocycles.